The number of hydrogen-bond acceptors (Lipinski definition) is 4. The van der Waals surface area contributed by atoms with Crippen LogP contribution in [0.25, 0.3) is 0 Å². The summed E-state index contributed by atoms with van der Waals surface area (Å²) in [4.78, 5) is 42.4. The summed E-state index contributed by atoms with van der Waals surface area (Å²) in [7, 11) is 0. The molecule has 2 aromatic carbocycles. The average molecular weight is 464 g/mol. The summed E-state index contributed by atoms with van der Waals surface area (Å²) in [5.41, 5.74) is 1.58. The highest BCUT2D eigenvalue weighted by atomic mass is 35.5. The van der Waals surface area contributed by atoms with Gasteiger partial charge in [0.05, 0.1) is 30.0 Å². The quantitative estimate of drug-likeness (QED) is 0.672. The van der Waals surface area contributed by atoms with E-state index in [-0.39, 0.29) is 37.0 Å². The molecular weight excluding hydrogens is 441 g/mol. The Morgan fingerprint density at radius 2 is 1.77 bits per heavy atom. The topological polar surface area (TPSA) is 81.2 Å². The number of benzene rings is 2. The Bertz CT molecular complexity index is 1020. The zero-order chi connectivity index (χ0) is 22.7. The molecule has 0 spiro atoms. The predicted octanol–water partition coefficient (Wildman–Crippen LogP) is 3.91. The minimum Gasteiger partial charge on any atom is -0.478 e. The van der Waals surface area contributed by atoms with E-state index in [1.807, 2.05) is 18.7 Å². The minimum atomic E-state index is -1.11. The molecule has 1 aliphatic heterocycles. The molecule has 0 unspecified atom stereocenters. The number of carboxylic acid groups (broad SMARTS) is 1. The molecule has 0 aromatic heterocycles. The van der Waals surface area contributed by atoms with Gasteiger partial charge < -0.3 is 10.0 Å². The summed E-state index contributed by atoms with van der Waals surface area (Å²) in [5.74, 6) is -1.65. The normalized spacial score (nSPS) is 13.5. The average Bonchev–Trinajstić information content (AvgIpc) is 2.74. The van der Waals surface area contributed by atoms with Gasteiger partial charge in [-0.2, -0.15) is 0 Å². The highest BCUT2D eigenvalue weighted by Gasteiger charge is 2.34. The lowest BCUT2D eigenvalue weighted by atomic mass is 10.1. The number of rotatable bonds is 7. The zero-order valence-electron chi connectivity index (χ0n) is 17.3. The second-order valence-electron chi connectivity index (χ2n) is 7.17. The van der Waals surface area contributed by atoms with Gasteiger partial charge in [0.25, 0.3) is 0 Å². The monoisotopic (exact) mass is 463 g/mol. The van der Waals surface area contributed by atoms with Crippen molar-refractivity contribution in [1.82, 2.24) is 4.90 Å². The number of likely N-dealkylation sites (N-methyl/N-ethyl adjacent to an activating group) is 1. The van der Waals surface area contributed by atoms with Gasteiger partial charge >= 0.3 is 5.97 Å². The number of amides is 2. The third kappa shape index (κ3) is 5.01. The van der Waals surface area contributed by atoms with Crippen LogP contribution in [0.15, 0.2) is 36.4 Å². The highest BCUT2D eigenvalue weighted by molar-refractivity contribution is 6.35. The van der Waals surface area contributed by atoms with E-state index in [1.54, 1.807) is 24.3 Å². The first-order chi connectivity index (χ1) is 14.7. The number of fused-ring (bicyclic) bond motifs is 1. The van der Waals surface area contributed by atoms with Gasteiger partial charge in [0.1, 0.15) is 6.54 Å². The van der Waals surface area contributed by atoms with Gasteiger partial charge in [-0.05, 0) is 49.0 Å². The second kappa shape index (κ2) is 9.68. The van der Waals surface area contributed by atoms with Crippen molar-refractivity contribution in [1.29, 1.82) is 0 Å². The largest absolute Gasteiger partial charge is 0.478 e. The maximum atomic E-state index is 13.0. The van der Waals surface area contributed by atoms with Crippen LogP contribution >= 0.6 is 23.2 Å². The van der Waals surface area contributed by atoms with Gasteiger partial charge in [0.2, 0.25) is 11.8 Å². The van der Waals surface area contributed by atoms with E-state index >= 15 is 0 Å². The van der Waals surface area contributed by atoms with Crippen molar-refractivity contribution >= 4 is 52.4 Å². The molecule has 2 amide bonds. The lowest BCUT2D eigenvalue weighted by Gasteiger charge is -2.37. The molecule has 0 radical (unpaired) electrons. The lowest BCUT2D eigenvalue weighted by Crippen LogP contribution is -2.50. The summed E-state index contributed by atoms with van der Waals surface area (Å²) in [6.07, 6.45) is 0. The fourth-order valence-corrected chi connectivity index (χ4v) is 3.95. The van der Waals surface area contributed by atoms with Crippen LogP contribution in [0.4, 0.5) is 11.4 Å². The molecule has 164 valence electrons. The molecule has 9 heteroatoms. The zero-order valence-corrected chi connectivity index (χ0v) is 18.8. The van der Waals surface area contributed by atoms with Crippen LogP contribution in [0.1, 0.15) is 29.8 Å². The van der Waals surface area contributed by atoms with Gasteiger partial charge in [0.15, 0.2) is 0 Å². The van der Waals surface area contributed by atoms with Gasteiger partial charge in [-0.1, -0.05) is 43.1 Å². The fourth-order valence-electron chi connectivity index (χ4n) is 3.48. The summed E-state index contributed by atoms with van der Waals surface area (Å²) in [5, 5.41) is 10.3. The number of anilines is 2. The first kappa shape index (κ1) is 23.1. The third-order valence-corrected chi connectivity index (χ3v) is 5.88. The Labute approximate surface area is 190 Å². The number of halogens is 2. The third-order valence-electron chi connectivity index (χ3n) is 5.30. The van der Waals surface area contributed by atoms with Crippen molar-refractivity contribution in [3.63, 3.8) is 0 Å². The molecule has 0 saturated carbocycles. The summed E-state index contributed by atoms with van der Waals surface area (Å²) in [6, 6.07) is 9.43. The summed E-state index contributed by atoms with van der Waals surface area (Å²) >= 11 is 12.3. The van der Waals surface area contributed by atoms with Crippen LogP contribution in [0.5, 0.6) is 0 Å². The van der Waals surface area contributed by atoms with Crippen LogP contribution in [-0.2, 0) is 16.1 Å². The van der Waals surface area contributed by atoms with Gasteiger partial charge in [-0.3, -0.25) is 19.4 Å². The number of carboxylic acids is 1. The number of nitrogens with zero attached hydrogens (tertiary/aromatic N) is 3. The van der Waals surface area contributed by atoms with Crippen LogP contribution in [-0.4, -0.2) is 54.0 Å². The Balaban J connectivity index is 2.01. The van der Waals surface area contributed by atoms with Crippen molar-refractivity contribution < 1.29 is 19.5 Å². The molecule has 31 heavy (non-hydrogen) atoms. The smallest absolute Gasteiger partial charge is 0.335 e. The van der Waals surface area contributed by atoms with Crippen molar-refractivity contribution in [3.05, 3.63) is 57.6 Å². The number of aromatic carboxylic acids is 1. The van der Waals surface area contributed by atoms with Crippen LogP contribution in [0, 0.1) is 0 Å². The number of carbonyl (C=O) groups is 3. The predicted molar refractivity (Wildman–Crippen MR) is 121 cm³/mol. The molecular formula is C22H23Cl2N3O4. The summed E-state index contributed by atoms with van der Waals surface area (Å²) < 4.78 is 0. The van der Waals surface area contributed by atoms with Crippen molar-refractivity contribution in [2.45, 2.75) is 20.4 Å². The fraction of sp³-hybridized carbons (Fsp3) is 0.318. The maximum Gasteiger partial charge on any atom is 0.335 e. The van der Waals surface area contributed by atoms with Gasteiger partial charge in [0, 0.05) is 10.0 Å². The van der Waals surface area contributed by atoms with E-state index in [0.29, 0.717) is 40.1 Å². The molecule has 1 heterocycles. The number of carbonyl (C=O) groups excluding carboxylic acids is 2. The molecule has 2 aromatic rings. The molecule has 0 fully saturated rings. The van der Waals surface area contributed by atoms with Crippen LogP contribution in [0.2, 0.25) is 10.0 Å². The van der Waals surface area contributed by atoms with Crippen molar-refractivity contribution in [2.24, 2.45) is 0 Å². The molecule has 0 saturated heterocycles. The SMILES string of the molecule is CCN(CC)CC(=O)N1CC(=O)N(Cc2ccc(Cl)cc2Cl)c2ccc(C(=O)O)cc21. The van der Waals surface area contributed by atoms with E-state index in [9.17, 15) is 19.5 Å². The highest BCUT2D eigenvalue weighted by Crippen LogP contribution is 2.36. The van der Waals surface area contributed by atoms with Crippen LogP contribution in [0.3, 0.4) is 0 Å². The first-order valence-electron chi connectivity index (χ1n) is 9.89. The standard InChI is InChI=1S/C22H23Cl2N3O4/c1-3-25(4-2)12-20(28)27-13-21(29)26(11-15-5-7-16(23)10-17(15)24)18-8-6-14(22(30)31)9-19(18)27/h5-10H,3-4,11-13H2,1-2H3,(H,30,31). The van der Waals surface area contributed by atoms with Crippen molar-refractivity contribution in [2.75, 3.05) is 36.0 Å². The van der Waals surface area contributed by atoms with E-state index in [0.717, 1.165) is 0 Å². The number of hydrogen-bond donors (Lipinski definition) is 1. The van der Waals surface area contributed by atoms with Gasteiger partial charge in [-0.25, -0.2) is 4.79 Å². The molecule has 1 aliphatic rings. The summed E-state index contributed by atoms with van der Waals surface area (Å²) in [6.45, 7) is 5.41. The molecule has 0 atom stereocenters. The van der Waals surface area contributed by atoms with Gasteiger partial charge in [-0.15, -0.1) is 0 Å². The molecule has 3 rings (SSSR count). The van der Waals surface area contributed by atoms with E-state index < -0.39 is 5.97 Å². The Morgan fingerprint density at radius 1 is 1.06 bits per heavy atom. The van der Waals surface area contributed by atoms with E-state index in [4.69, 9.17) is 23.2 Å². The Morgan fingerprint density at radius 3 is 2.39 bits per heavy atom. The molecule has 0 bridgehead atoms. The Hall–Kier alpha value is -2.61. The van der Waals surface area contributed by atoms with E-state index in [1.165, 1.54) is 21.9 Å². The molecule has 7 nitrogen and oxygen atoms in total. The molecule has 1 N–H and O–H groups in total. The lowest BCUT2D eigenvalue weighted by molar-refractivity contribution is -0.123. The molecule has 0 aliphatic carbocycles. The second-order valence-corrected chi connectivity index (χ2v) is 8.01. The minimum absolute atomic E-state index is 0.0400. The van der Waals surface area contributed by atoms with Crippen LogP contribution < -0.4 is 9.80 Å². The Kier molecular flexibility index (Phi) is 7.20. The van der Waals surface area contributed by atoms with Crippen molar-refractivity contribution in [3.8, 4) is 0 Å². The first-order valence-corrected chi connectivity index (χ1v) is 10.6. The van der Waals surface area contributed by atoms with E-state index in [2.05, 4.69) is 0 Å². The maximum absolute atomic E-state index is 13.0.